The third-order valence-electron chi connectivity index (χ3n) is 5.03. The molecule has 0 aromatic carbocycles. The van der Waals surface area contributed by atoms with Gasteiger partial charge in [0.2, 0.25) is 5.78 Å². The molecular formula is C24H26FN5O. The zero-order valence-electron chi connectivity index (χ0n) is 17.5. The minimum Gasteiger partial charge on any atom is -0.383 e. The van der Waals surface area contributed by atoms with Crippen molar-refractivity contribution in [3.05, 3.63) is 90.3 Å². The van der Waals surface area contributed by atoms with Crippen LogP contribution in [0.3, 0.4) is 0 Å². The average molecular weight is 420 g/mol. The maximum atomic E-state index is 14.1. The van der Waals surface area contributed by atoms with E-state index in [2.05, 4.69) is 28.4 Å². The Balaban J connectivity index is 1.91. The number of nitrogens with two attached hydrogens (primary N) is 1. The van der Waals surface area contributed by atoms with E-state index < -0.39 is 11.6 Å². The number of pyridine rings is 2. The molecule has 31 heavy (non-hydrogen) atoms. The molecule has 0 unspecified atom stereocenters. The quantitative estimate of drug-likeness (QED) is 0.526. The van der Waals surface area contributed by atoms with Crippen molar-refractivity contribution in [2.24, 2.45) is 0 Å². The summed E-state index contributed by atoms with van der Waals surface area (Å²) in [4.78, 5) is 23.6. The normalized spacial score (nSPS) is 16.7. The van der Waals surface area contributed by atoms with E-state index in [1.54, 1.807) is 18.2 Å². The highest BCUT2D eigenvalue weighted by atomic mass is 19.1. The average Bonchev–Trinajstić information content (AvgIpc) is 2.78. The van der Waals surface area contributed by atoms with Crippen LogP contribution in [0.1, 0.15) is 28.5 Å². The van der Waals surface area contributed by atoms with Crippen LogP contribution in [0.4, 0.5) is 16.0 Å². The molecule has 3 heterocycles. The summed E-state index contributed by atoms with van der Waals surface area (Å²) in [5, 5.41) is 3.44. The van der Waals surface area contributed by atoms with Crippen molar-refractivity contribution in [2.45, 2.75) is 13.0 Å². The topological polar surface area (TPSA) is 84.1 Å². The Morgan fingerprint density at radius 1 is 1.29 bits per heavy atom. The second kappa shape index (κ2) is 9.95. The number of nitrogens with zero attached hydrogens (tertiary/aromatic N) is 3. The van der Waals surface area contributed by atoms with Gasteiger partial charge in [-0.15, -0.1) is 0 Å². The molecule has 1 aliphatic heterocycles. The monoisotopic (exact) mass is 419 g/mol. The molecule has 0 aliphatic carbocycles. The first kappa shape index (κ1) is 22.1. The molecule has 2 aromatic rings. The van der Waals surface area contributed by atoms with Crippen LogP contribution in [-0.2, 0) is 0 Å². The maximum absolute atomic E-state index is 14.1. The summed E-state index contributed by atoms with van der Waals surface area (Å²) in [6.45, 7) is 11.5. The molecular weight excluding hydrogens is 393 g/mol. The lowest BCUT2D eigenvalue weighted by atomic mass is 10.0. The van der Waals surface area contributed by atoms with E-state index in [1.165, 1.54) is 12.3 Å². The van der Waals surface area contributed by atoms with Gasteiger partial charge in [0.1, 0.15) is 23.2 Å². The van der Waals surface area contributed by atoms with Gasteiger partial charge in [-0.3, -0.25) is 4.79 Å². The summed E-state index contributed by atoms with van der Waals surface area (Å²) in [6, 6.07) is 6.41. The first-order chi connectivity index (χ1) is 14.9. The minimum atomic E-state index is -0.731. The molecule has 1 saturated heterocycles. The lowest BCUT2D eigenvalue weighted by Gasteiger charge is -2.35. The number of allylic oxidation sites excluding steroid dienone is 3. The smallest absolute Gasteiger partial charge is 0.215 e. The molecule has 0 radical (unpaired) electrons. The molecule has 7 heteroatoms. The molecule has 1 fully saturated rings. The second-order valence-corrected chi connectivity index (χ2v) is 7.15. The standard InChI is InChI=1S/C24H26FN5O/c1-4-5-6-8-16(2)20-15-30(14-13-27-20)21-11-10-18(17(3)25)22(29-21)23(31)19-9-7-12-28-24(19)26/h4-12,20,27H,2-3,13-15H2,1H3,(H2,26,28)/b5-4-,8-6-/t20-/m1/s1. The SMILES string of the molecule is C=C(F)c1ccc(N2CCN[C@@H](C(=C)/C=C\C=C/C)C2)nc1C(=O)c1cccnc1N. The number of hydrogen-bond donors (Lipinski definition) is 2. The van der Waals surface area contributed by atoms with Gasteiger partial charge >= 0.3 is 0 Å². The van der Waals surface area contributed by atoms with Crippen LogP contribution in [0, 0.1) is 0 Å². The van der Waals surface area contributed by atoms with Crippen LogP contribution in [0.2, 0.25) is 0 Å². The molecule has 160 valence electrons. The number of hydrogen-bond acceptors (Lipinski definition) is 6. The van der Waals surface area contributed by atoms with E-state index in [0.717, 1.165) is 12.1 Å². The number of carbonyl (C=O) groups excluding carboxylic acids is 1. The molecule has 1 aliphatic rings. The fourth-order valence-corrected chi connectivity index (χ4v) is 3.37. The molecule has 0 saturated carbocycles. The fraction of sp³-hybridized carbons (Fsp3) is 0.208. The number of nitrogens with one attached hydrogen (secondary N) is 1. The lowest BCUT2D eigenvalue weighted by molar-refractivity contribution is 0.103. The zero-order valence-corrected chi connectivity index (χ0v) is 17.5. The largest absolute Gasteiger partial charge is 0.383 e. The van der Waals surface area contributed by atoms with Crippen molar-refractivity contribution in [1.29, 1.82) is 0 Å². The van der Waals surface area contributed by atoms with Gasteiger partial charge in [-0.1, -0.05) is 37.5 Å². The Hall–Kier alpha value is -3.58. The molecule has 0 spiro atoms. The van der Waals surface area contributed by atoms with Gasteiger partial charge in [0, 0.05) is 37.4 Å². The summed E-state index contributed by atoms with van der Waals surface area (Å²) in [5.74, 6) is -0.578. The number of piperazine rings is 1. The van der Waals surface area contributed by atoms with Gasteiger partial charge in [-0.2, -0.15) is 0 Å². The Labute approximate surface area is 181 Å². The predicted octanol–water partition coefficient (Wildman–Crippen LogP) is 3.70. The fourth-order valence-electron chi connectivity index (χ4n) is 3.37. The molecule has 0 amide bonds. The molecule has 6 nitrogen and oxygen atoms in total. The van der Waals surface area contributed by atoms with E-state index in [9.17, 15) is 9.18 Å². The van der Waals surface area contributed by atoms with E-state index in [4.69, 9.17) is 5.73 Å². The number of anilines is 2. The van der Waals surface area contributed by atoms with Gasteiger partial charge in [0.15, 0.2) is 0 Å². The van der Waals surface area contributed by atoms with Gasteiger partial charge in [-0.05, 0) is 36.8 Å². The molecule has 0 bridgehead atoms. The predicted molar refractivity (Wildman–Crippen MR) is 124 cm³/mol. The lowest BCUT2D eigenvalue weighted by Crippen LogP contribution is -2.51. The molecule has 2 aromatic heterocycles. The Bertz CT molecular complexity index is 1060. The summed E-state index contributed by atoms with van der Waals surface area (Å²) >= 11 is 0. The van der Waals surface area contributed by atoms with Gasteiger partial charge < -0.3 is 16.0 Å². The Kier molecular flexibility index (Phi) is 7.10. The van der Waals surface area contributed by atoms with E-state index in [0.29, 0.717) is 18.9 Å². The van der Waals surface area contributed by atoms with Gasteiger partial charge in [0.05, 0.1) is 5.56 Å². The number of ketones is 1. The van der Waals surface area contributed by atoms with Crippen LogP contribution >= 0.6 is 0 Å². The van der Waals surface area contributed by atoms with Crippen LogP contribution < -0.4 is 16.0 Å². The van der Waals surface area contributed by atoms with Crippen molar-refractivity contribution < 1.29 is 9.18 Å². The highest BCUT2D eigenvalue weighted by Gasteiger charge is 2.25. The molecule has 3 rings (SSSR count). The zero-order chi connectivity index (χ0) is 22.4. The minimum absolute atomic E-state index is 0.0287. The van der Waals surface area contributed by atoms with Crippen molar-refractivity contribution in [3.63, 3.8) is 0 Å². The second-order valence-electron chi connectivity index (χ2n) is 7.15. The van der Waals surface area contributed by atoms with E-state index in [-0.39, 0.29) is 28.7 Å². The van der Waals surface area contributed by atoms with Crippen molar-refractivity contribution in [2.75, 3.05) is 30.3 Å². The van der Waals surface area contributed by atoms with Crippen LogP contribution in [-0.4, -0.2) is 41.4 Å². The maximum Gasteiger partial charge on any atom is 0.215 e. The molecule has 1 atom stereocenters. The van der Waals surface area contributed by atoms with E-state index >= 15 is 0 Å². The van der Waals surface area contributed by atoms with Crippen LogP contribution in [0.15, 0.2) is 73.5 Å². The summed E-state index contributed by atoms with van der Waals surface area (Å²) in [6.07, 6.45) is 9.28. The third kappa shape index (κ3) is 5.13. The summed E-state index contributed by atoms with van der Waals surface area (Å²) in [7, 11) is 0. The van der Waals surface area contributed by atoms with Crippen LogP contribution in [0.5, 0.6) is 0 Å². The first-order valence-corrected chi connectivity index (χ1v) is 10.00. The number of halogens is 1. The number of rotatable bonds is 7. The van der Waals surface area contributed by atoms with Crippen molar-refractivity contribution in [3.8, 4) is 0 Å². The van der Waals surface area contributed by atoms with Gasteiger partial charge in [0.25, 0.3) is 0 Å². The highest BCUT2D eigenvalue weighted by Crippen LogP contribution is 2.26. The van der Waals surface area contributed by atoms with Crippen molar-refractivity contribution >= 4 is 23.2 Å². The van der Waals surface area contributed by atoms with Crippen LogP contribution in [0.25, 0.3) is 5.83 Å². The van der Waals surface area contributed by atoms with Crippen molar-refractivity contribution in [1.82, 2.24) is 15.3 Å². The Morgan fingerprint density at radius 2 is 2.10 bits per heavy atom. The number of aromatic nitrogens is 2. The Morgan fingerprint density at radius 3 is 2.81 bits per heavy atom. The first-order valence-electron chi connectivity index (χ1n) is 10.00. The summed E-state index contributed by atoms with van der Waals surface area (Å²) in [5.41, 5.74) is 6.98. The highest BCUT2D eigenvalue weighted by molar-refractivity contribution is 6.12. The number of carbonyl (C=O) groups is 1. The summed E-state index contributed by atoms with van der Waals surface area (Å²) < 4.78 is 14.1. The third-order valence-corrected chi connectivity index (χ3v) is 5.03. The molecule has 3 N–H and O–H groups in total. The van der Waals surface area contributed by atoms with Gasteiger partial charge in [-0.25, -0.2) is 14.4 Å². The van der Waals surface area contributed by atoms with E-state index in [1.807, 2.05) is 36.1 Å². The number of nitrogen functional groups attached to an aromatic ring is 1.